The predicted molar refractivity (Wildman–Crippen MR) is 73.3 cm³/mol. The number of rotatable bonds is 4. The maximum absolute atomic E-state index is 11.8. The van der Waals surface area contributed by atoms with E-state index in [2.05, 4.69) is 4.98 Å². The zero-order chi connectivity index (χ0) is 13.8. The maximum atomic E-state index is 11.8. The number of fused-ring (bicyclic) bond motifs is 1. The highest BCUT2D eigenvalue weighted by Crippen LogP contribution is 2.29. The number of methoxy groups -OCH3 is 2. The highest BCUT2D eigenvalue weighted by molar-refractivity contribution is 5.90. The van der Waals surface area contributed by atoms with Gasteiger partial charge in [-0.1, -0.05) is 6.92 Å². The first kappa shape index (κ1) is 13.3. The van der Waals surface area contributed by atoms with Crippen LogP contribution in [0.5, 0.6) is 5.75 Å². The van der Waals surface area contributed by atoms with Crippen molar-refractivity contribution in [3.05, 3.63) is 36.2 Å². The van der Waals surface area contributed by atoms with Crippen molar-refractivity contribution in [1.82, 2.24) is 4.98 Å². The number of benzene rings is 1. The Morgan fingerprint density at radius 1 is 1.32 bits per heavy atom. The summed E-state index contributed by atoms with van der Waals surface area (Å²) in [5.74, 6) is 0.205. The molecule has 100 valence electrons. The van der Waals surface area contributed by atoms with E-state index < -0.39 is 0 Å². The molecule has 1 heterocycles. The molecule has 4 heteroatoms. The first-order valence-corrected chi connectivity index (χ1v) is 6.21. The molecule has 0 aliphatic carbocycles. The zero-order valence-electron chi connectivity index (χ0n) is 11.3. The molecule has 2 rings (SSSR count). The molecule has 1 atom stereocenters. The van der Waals surface area contributed by atoms with Crippen LogP contribution in [0, 0.1) is 0 Å². The lowest BCUT2D eigenvalue weighted by atomic mass is 9.97. The van der Waals surface area contributed by atoms with Crippen LogP contribution in [0.2, 0.25) is 0 Å². The topological polar surface area (TPSA) is 48.4 Å². The molecule has 0 aliphatic heterocycles. The molecular weight excluding hydrogens is 242 g/mol. The number of nitrogens with zero attached hydrogens (tertiary/aromatic N) is 1. The highest BCUT2D eigenvalue weighted by atomic mass is 16.5. The fourth-order valence-corrected chi connectivity index (χ4v) is 2.20. The largest absolute Gasteiger partial charge is 0.497 e. The lowest BCUT2D eigenvalue weighted by Gasteiger charge is -2.14. The van der Waals surface area contributed by atoms with Gasteiger partial charge < -0.3 is 9.47 Å². The van der Waals surface area contributed by atoms with Gasteiger partial charge in [0.05, 0.1) is 25.8 Å². The van der Waals surface area contributed by atoms with Crippen molar-refractivity contribution >= 4 is 16.7 Å². The molecule has 1 aromatic carbocycles. The molecule has 0 saturated carbocycles. The van der Waals surface area contributed by atoms with E-state index in [4.69, 9.17) is 9.47 Å². The number of carbonyl (C=O) groups is 1. The van der Waals surface area contributed by atoms with E-state index in [1.807, 2.05) is 31.2 Å². The molecule has 0 spiro atoms. The molecule has 4 nitrogen and oxygen atoms in total. The molecule has 1 unspecified atom stereocenters. The number of ether oxygens (including phenoxy) is 2. The second-order valence-electron chi connectivity index (χ2n) is 4.27. The first-order chi connectivity index (χ1) is 9.21. The molecule has 0 saturated heterocycles. The molecule has 0 aliphatic rings. The van der Waals surface area contributed by atoms with Crippen molar-refractivity contribution in [3.63, 3.8) is 0 Å². The summed E-state index contributed by atoms with van der Waals surface area (Å²) in [7, 11) is 3.03. The molecule has 1 aromatic heterocycles. The minimum Gasteiger partial charge on any atom is -0.497 e. The Bertz CT molecular complexity index is 595. The predicted octanol–water partition coefficient (Wildman–Crippen LogP) is 2.91. The molecule has 0 radical (unpaired) electrons. The first-order valence-electron chi connectivity index (χ1n) is 6.21. The van der Waals surface area contributed by atoms with Crippen LogP contribution in [0.25, 0.3) is 10.8 Å². The summed E-state index contributed by atoms with van der Waals surface area (Å²) in [5.41, 5.74) is 0.759. The van der Waals surface area contributed by atoms with Gasteiger partial charge in [-0.15, -0.1) is 0 Å². The van der Waals surface area contributed by atoms with E-state index in [0.717, 1.165) is 22.2 Å². The number of pyridine rings is 1. The summed E-state index contributed by atoms with van der Waals surface area (Å²) < 4.78 is 10.1. The van der Waals surface area contributed by atoms with Crippen LogP contribution >= 0.6 is 0 Å². The third kappa shape index (κ3) is 2.52. The fraction of sp³-hybridized carbons (Fsp3) is 0.333. The standard InChI is InChI=1S/C15H17NO3/c1-4-12(15(17)19-3)14-13-6-5-11(18-2)9-10(13)7-8-16-14/h5-9,12H,4H2,1-3H3. The Hall–Kier alpha value is -2.10. The van der Waals surface area contributed by atoms with Gasteiger partial charge in [0.25, 0.3) is 0 Å². The molecule has 0 bridgehead atoms. The van der Waals surface area contributed by atoms with E-state index in [9.17, 15) is 4.79 Å². The fourth-order valence-electron chi connectivity index (χ4n) is 2.20. The van der Waals surface area contributed by atoms with Gasteiger partial charge in [-0.25, -0.2) is 0 Å². The molecule has 2 aromatic rings. The SMILES string of the molecule is CCC(C(=O)OC)c1nccc2cc(OC)ccc12. The smallest absolute Gasteiger partial charge is 0.314 e. The van der Waals surface area contributed by atoms with Crippen LogP contribution in [0.1, 0.15) is 25.0 Å². The van der Waals surface area contributed by atoms with Gasteiger partial charge in [0.1, 0.15) is 5.75 Å². The number of hydrogen-bond donors (Lipinski definition) is 0. The van der Waals surface area contributed by atoms with E-state index in [-0.39, 0.29) is 11.9 Å². The average Bonchev–Trinajstić information content (AvgIpc) is 2.47. The van der Waals surface area contributed by atoms with E-state index >= 15 is 0 Å². The number of carbonyl (C=O) groups excluding carboxylic acids is 1. The number of esters is 1. The number of hydrogen-bond acceptors (Lipinski definition) is 4. The Balaban J connectivity index is 2.57. The van der Waals surface area contributed by atoms with Crippen LogP contribution in [-0.4, -0.2) is 25.2 Å². The lowest BCUT2D eigenvalue weighted by Crippen LogP contribution is -2.15. The van der Waals surface area contributed by atoms with Crippen molar-refractivity contribution in [1.29, 1.82) is 0 Å². The molecule has 0 amide bonds. The van der Waals surface area contributed by atoms with Crippen LogP contribution in [0.3, 0.4) is 0 Å². The normalized spacial score (nSPS) is 12.2. The van der Waals surface area contributed by atoms with Crippen molar-refractivity contribution in [3.8, 4) is 5.75 Å². The Labute approximate surface area is 112 Å². The summed E-state index contributed by atoms with van der Waals surface area (Å²) in [5, 5.41) is 1.97. The maximum Gasteiger partial charge on any atom is 0.314 e. The van der Waals surface area contributed by atoms with Gasteiger partial charge in [-0.3, -0.25) is 9.78 Å². The van der Waals surface area contributed by atoms with E-state index in [1.165, 1.54) is 7.11 Å². The molecule has 0 N–H and O–H groups in total. The third-order valence-corrected chi connectivity index (χ3v) is 3.23. The minimum absolute atomic E-state index is 0.252. The minimum atomic E-state index is -0.331. The van der Waals surface area contributed by atoms with Gasteiger partial charge in [0, 0.05) is 11.6 Å². The van der Waals surface area contributed by atoms with Crippen LogP contribution < -0.4 is 4.74 Å². The van der Waals surface area contributed by atoms with Crippen molar-refractivity contribution in [2.45, 2.75) is 19.3 Å². The Kier molecular flexibility index (Phi) is 4.00. The summed E-state index contributed by atoms with van der Waals surface area (Å²) in [6.07, 6.45) is 2.37. The zero-order valence-corrected chi connectivity index (χ0v) is 11.3. The van der Waals surface area contributed by atoms with Crippen molar-refractivity contribution < 1.29 is 14.3 Å². The van der Waals surface area contributed by atoms with Crippen LogP contribution in [0.15, 0.2) is 30.5 Å². The van der Waals surface area contributed by atoms with Crippen molar-refractivity contribution in [2.24, 2.45) is 0 Å². The quantitative estimate of drug-likeness (QED) is 0.792. The monoisotopic (exact) mass is 259 g/mol. The Morgan fingerprint density at radius 3 is 2.74 bits per heavy atom. The van der Waals surface area contributed by atoms with Gasteiger partial charge in [0.15, 0.2) is 0 Å². The second kappa shape index (κ2) is 5.69. The van der Waals surface area contributed by atoms with Crippen LogP contribution in [0.4, 0.5) is 0 Å². The van der Waals surface area contributed by atoms with Gasteiger partial charge in [-0.05, 0) is 36.1 Å². The second-order valence-corrected chi connectivity index (χ2v) is 4.27. The summed E-state index contributed by atoms with van der Waals surface area (Å²) in [6.45, 7) is 1.95. The third-order valence-electron chi connectivity index (χ3n) is 3.23. The molecular formula is C15H17NO3. The van der Waals surface area contributed by atoms with Gasteiger partial charge >= 0.3 is 5.97 Å². The molecule has 19 heavy (non-hydrogen) atoms. The Morgan fingerprint density at radius 2 is 2.11 bits per heavy atom. The summed E-state index contributed by atoms with van der Waals surface area (Å²) in [4.78, 5) is 16.2. The van der Waals surface area contributed by atoms with Crippen molar-refractivity contribution in [2.75, 3.05) is 14.2 Å². The summed E-state index contributed by atoms with van der Waals surface area (Å²) >= 11 is 0. The summed E-state index contributed by atoms with van der Waals surface area (Å²) in [6, 6.07) is 7.65. The van der Waals surface area contributed by atoms with E-state index in [1.54, 1.807) is 13.3 Å². The van der Waals surface area contributed by atoms with E-state index in [0.29, 0.717) is 6.42 Å². The van der Waals surface area contributed by atoms with Gasteiger partial charge in [-0.2, -0.15) is 0 Å². The number of aromatic nitrogens is 1. The molecule has 0 fully saturated rings. The van der Waals surface area contributed by atoms with Gasteiger partial charge in [0.2, 0.25) is 0 Å². The van der Waals surface area contributed by atoms with Crippen LogP contribution in [-0.2, 0) is 9.53 Å². The average molecular weight is 259 g/mol. The lowest BCUT2D eigenvalue weighted by molar-refractivity contribution is -0.142. The highest BCUT2D eigenvalue weighted by Gasteiger charge is 2.22.